The van der Waals surface area contributed by atoms with Gasteiger partial charge in [0.15, 0.2) is 6.61 Å². The van der Waals surface area contributed by atoms with Crippen molar-refractivity contribution in [2.24, 2.45) is 0 Å². The van der Waals surface area contributed by atoms with Gasteiger partial charge in [0.2, 0.25) is 0 Å². The zero-order valence-corrected chi connectivity index (χ0v) is 29.8. The van der Waals surface area contributed by atoms with Gasteiger partial charge >= 0.3 is 5.97 Å². The van der Waals surface area contributed by atoms with E-state index in [2.05, 4.69) is 12.2 Å². The van der Waals surface area contributed by atoms with E-state index in [4.69, 9.17) is 47.7 Å². The molecule has 0 aliphatic heterocycles. The Labute approximate surface area is 293 Å². The number of carboxylic acid groups (broad SMARTS) is 1. The Bertz CT molecular complexity index is 874. The third-order valence-electron chi connectivity index (χ3n) is 6.99. The maximum absolute atomic E-state index is 12.0. The highest BCUT2D eigenvalue weighted by Crippen LogP contribution is 2.17. The summed E-state index contributed by atoms with van der Waals surface area (Å²) in [5.41, 5.74) is 0. The first-order valence-electron chi connectivity index (χ1n) is 18.0. The highest BCUT2D eigenvalue weighted by Gasteiger charge is 2.04. The maximum Gasteiger partial charge on any atom is 0.329 e. The SMILES string of the molecule is CCCCCCCCCCCCOCCOCCOCCOc1ccc(OCC(=O)NCCOCCOCCOCCOCC(=O)O)cc1. The zero-order chi connectivity index (χ0) is 35.3. The minimum Gasteiger partial charge on any atom is -0.491 e. The van der Waals surface area contributed by atoms with Crippen molar-refractivity contribution in [1.29, 1.82) is 0 Å². The average molecular weight is 702 g/mol. The van der Waals surface area contributed by atoms with E-state index in [9.17, 15) is 9.59 Å². The summed E-state index contributed by atoms with van der Waals surface area (Å²) in [6.45, 7) is 8.52. The standard InChI is InChI=1S/C36H63NO12/c1-2-3-4-5-6-7-8-9-10-11-17-41-19-21-43-25-26-46-29-30-48-33-12-14-34(15-13-33)49-31-35(38)37-16-18-42-20-22-44-23-24-45-27-28-47-32-36(39)40/h12-15H,2-11,16-32H2,1H3,(H,37,38)(H,39,40). The van der Waals surface area contributed by atoms with Crippen molar-refractivity contribution in [3.05, 3.63) is 24.3 Å². The number of unbranched alkanes of at least 4 members (excludes halogenated alkanes) is 9. The summed E-state index contributed by atoms with van der Waals surface area (Å²) >= 11 is 0. The van der Waals surface area contributed by atoms with Gasteiger partial charge in [0, 0.05) is 13.2 Å². The van der Waals surface area contributed by atoms with Crippen LogP contribution >= 0.6 is 0 Å². The molecule has 0 unspecified atom stereocenters. The van der Waals surface area contributed by atoms with Crippen LogP contribution in [0.25, 0.3) is 0 Å². The molecule has 0 aromatic heterocycles. The first kappa shape index (κ1) is 44.5. The predicted molar refractivity (Wildman–Crippen MR) is 186 cm³/mol. The molecule has 284 valence electrons. The normalized spacial score (nSPS) is 11.1. The molecule has 2 N–H and O–H groups in total. The number of carboxylic acids is 1. The third-order valence-corrected chi connectivity index (χ3v) is 6.99. The minimum absolute atomic E-state index is 0.105. The summed E-state index contributed by atoms with van der Waals surface area (Å²) in [5, 5.41) is 11.2. The molecular weight excluding hydrogens is 638 g/mol. The van der Waals surface area contributed by atoms with Crippen LogP contribution in [0.4, 0.5) is 0 Å². The van der Waals surface area contributed by atoms with Crippen molar-refractivity contribution in [3.63, 3.8) is 0 Å². The number of ether oxygens (including phenoxy) is 9. The highest BCUT2D eigenvalue weighted by molar-refractivity contribution is 5.77. The molecule has 1 rings (SSSR count). The minimum atomic E-state index is -1.01. The van der Waals surface area contributed by atoms with Crippen LogP contribution in [0.2, 0.25) is 0 Å². The number of rotatable bonds is 38. The molecule has 1 aromatic carbocycles. The molecule has 0 spiro atoms. The van der Waals surface area contributed by atoms with E-state index in [-0.39, 0.29) is 25.7 Å². The topological polar surface area (TPSA) is 149 Å². The van der Waals surface area contributed by atoms with Gasteiger partial charge in [-0.05, 0) is 30.7 Å². The molecule has 0 atom stereocenters. The van der Waals surface area contributed by atoms with E-state index in [0.29, 0.717) is 97.3 Å². The molecule has 0 heterocycles. The largest absolute Gasteiger partial charge is 0.491 e. The van der Waals surface area contributed by atoms with Gasteiger partial charge in [-0.1, -0.05) is 64.7 Å². The molecule has 0 aliphatic rings. The van der Waals surface area contributed by atoms with E-state index in [0.717, 1.165) is 13.0 Å². The Hall–Kier alpha value is -2.52. The van der Waals surface area contributed by atoms with Crippen molar-refractivity contribution in [2.45, 2.75) is 71.1 Å². The van der Waals surface area contributed by atoms with Crippen LogP contribution in [0.15, 0.2) is 24.3 Å². The Morgan fingerprint density at radius 3 is 1.41 bits per heavy atom. The van der Waals surface area contributed by atoms with Crippen LogP contribution in [-0.2, 0) is 42.7 Å². The second kappa shape index (κ2) is 35.3. The number of benzene rings is 1. The molecule has 13 heteroatoms. The van der Waals surface area contributed by atoms with Crippen LogP contribution < -0.4 is 14.8 Å². The van der Waals surface area contributed by atoms with Crippen LogP contribution in [0.1, 0.15) is 71.1 Å². The molecule has 0 radical (unpaired) electrons. The van der Waals surface area contributed by atoms with E-state index in [1.54, 1.807) is 24.3 Å². The van der Waals surface area contributed by atoms with Crippen molar-refractivity contribution in [3.8, 4) is 11.5 Å². The van der Waals surface area contributed by atoms with Crippen LogP contribution in [-0.4, -0.2) is 129 Å². The number of carbonyl (C=O) groups excluding carboxylic acids is 1. The second-order valence-electron chi connectivity index (χ2n) is 11.3. The average Bonchev–Trinajstić information content (AvgIpc) is 3.10. The fraction of sp³-hybridized carbons (Fsp3) is 0.778. The second-order valence-corrected chi connectivity index (χ2v) is 11.3. The molecule has 49 heavy (non-hydrogen) atoms. The Balaban J connectivity index is 1.83. The number of hydrogen-bond acceptors (Lipinski definition) is 11. The quantitative estimate of drug-likeness (QED) is 0.0922. The van der Waals surface area contributed by atoms with Gasteiger partial charge in [-0.3, -0.25) is 4.79 Å². The smallest absolute Gasteiger partial charge is 0.329 e. The molecule has 1 aromatic rings. The van der Waals surface area contributed by atoms with Gasteiger partial charge in [-0.2, -0.15) is 0 Å². The van der Waals surface area contributed by atoms with Crippen LogP contribution in [0, 0.1) is 0 Å². The summed E-state index contributed by atoms with van der Waals surface area (Å²) in [4.78, 5) is 22.3. The Kier molecular flexibility index (Phi) is 32.1. The Morgan fingerprint density at radius 1 is 0.490 bits per heavy atom. The lowest BCUT2D eigenvalue weighted by Gasteiger charge is -2.10. The molecule has 0 saturated heterocycles. The molecule has 0 aliphatic carbocycles. The summed E-state index contributed by atoms with van der Waals surface area (Å²) < 4.78 is 48.8. The van der Waals surface area contributed by atoms with Crippen LogP contribution in [0.5, 0.6) is 11.5 Å². The molecule has 0 saturated carbocycles. The first-order chi connectivity index (χ1) is 24.1. The van der Waals surface area contributed by atoms with Crippen LogP contribution in [0.3, 0.4) is 0 Å². The molecule has 0 fully saturated rings. The van der Waals surface area contributed by atoms with E-state index in [1.165, 1.54) is 57.8 Å². The lowest BCUT2D eigenvalue weighted by molar-refractivity contribution is -0.142. The van der Waals surface area contributed by atoms with Gasteiger partial charge in [-0.25, -0.2) is 4.79 Å². The zero-order valence-electron chi connectivity index (χ0n) is 29.8. The van der Waals surface area contributed by atoms with E-state index in [1.807, 2.05) is 0 Å². The van der Waals surface area contributed by atoms with Crippen molar-refractivity contribution < 1.29 is 57.3 Å². The molecule has 13 nitrogen and oxygen atoms in total. The highest BCUT2D eigenvalue weighted by atomic mass is 16.6. The number of aliphatic carboxylic acids is 1. The lowest BCUT2D eigenvalue weighted by Crippen LogP contribution is -2.31. The fourth-order valence-electron chi connectivity index (χ4n) is 4.37. The van der Waals surface area contributed by atoms with Gasteiger partial charge in [0.1, 0.15) is 24.7 Å². The number of amides is 1. The summed E-state index contributed by atoms with van der Waals surface area (Å²) in [6, 6.07) is 7.06. The molecule has 1 amide bonds. The monoisotopic (exact) mass is 701 g/mol. The number of nitrogens with one attached hydrogen (secondary N) is 1. The van der Waals surface area contributed by atoms with Gasteiger partial charge < -0.3 is 53.1 Å². The summed E-state index contributed by atoms with van der Waals surface area (Å²) in [7, 11) is 0. The van der Waals surface area contributed by atoms with E-state index >= 15 is 0 Å². The summed E-state index contributed by atoms with van der Waals surface area (Å²) in [5.74, 6) is -0.00507. The molecule has 0 bridgehead atoms. The first-order valence-corrected chi connectivity index (χ1v) is 18.0. The lowest BCUT2D eigenvalue weighted by atomic mass is 10.1. The third kappa shape index (κ3) is 32.4. The fourth-order valence-corrected chi connectivity index (χ4v) is 4.37. The number of hydrogen-bond donors (Lipinski definition) is 2. The number of carbonyl (C=O) groups is 2. The van der Waals surface area contributed by atoms with Gasteiger partial charge in [-0.15, -0.1) is 0 Å². The molecular formula is C36H63NO12. The van der Waals surface area contributed by atoms with Gasteiger partial charge in [0.25, 0.3) is 5.91 Å². The summed E-state index contributed by atoms with van der Waals surface area (Å²) in [6.07, 6.45) is 13.3. The van der Waals surface area contributed by atoms with E-state index < -0.39 is 5.97 Å². The van der Waals surface area contributed by atoms with Crippen molar-refractivity contribution >= 4 is 11.9 Å². The van der Waals surface area contributed by atoms with Gasteiger partial charge in [0.05, 0.1) is 79.3 Å². The Morgan fingerprint density at radius 2 is 0.898 bits per heavy atom. The predicted octanol–water partition coefficient (Wildman–Crippen LogP) is 4.68. The van der Waals surface area contributed by atoms with Crippen molar-refractivity contribution in [2.75, 3.05) is 112 Å². The van der Waals surface area contributed by atoms with Crippen molar-refractivity contribution in [1.82, 2.24) is 5.32 Å². The maximum atomic E-state index is 12.0.